The number of rotatable bonds is 4. The van der Waals surface area contributed by atoms with Gasteiger partial charge >= 0.3 is 0 Å². The molecular weight excluding hydrogens is 298 g/mol. The van der Waals surface area contributed by atoms with E-state index in [1.807, 2.05) is 20.2 Å². The number of carbonyl (C=O) groups is 1. The van der Waals surface area contributed by atoms with Crippen LogP contribution in [-0.4, -0.2) is 37.5 Å². The number of anilines is 1. The molecule has 0 unspecified atom stereocenters. The van der Waals surface area contributed by atoms with Crippen molar-refractivity contribution in [1.29, 1.82) is 0 Å². The Morgan fingerprint density at radius 2 is 2.14 bits per heavy atom. The van der Waals surface area contributed by atoms with Crippen LogP contribution in [0.15, 0.2) is 18.2 Å². The minimum absolute atomic E-state index is 0. The van der Waals surface area contributed by atoms with E-state index in [1.54, 1.807) is 0 Å². The molecule has 1 saturated heterocycles. The fourth-order valence-electron chi connectivity index (χ4n) is 2.92. The topological polar surface area (TPSA) is 44.4 Å². The molecule has 124 valence electrons. The third kappa shape index (κ3) is 5.27. The first-order valence-electron chi connectivity index (χ1n) is 7.74. The van der Waals surface area contributed by atoms with Gasteiger partial charge in [0.05, 0.1) is 0 Å². The Labute approximate surface area is 140 Å². The van der Waals surface area contributed by atoms with Gasteiger partial charge in [0, 0.05) is 24.2 Å². The van der Waals surface area contributed by atoms with Crippen LogP contribution in [0.4, 0.5) is 5.69 Å². The molecule has 0 bridgehead atoms. The van der Waals surface area contributed by atoms with Crippen LogP contribution in [-0.2, 0) is 11.3 Å². The highest BCUT2D eigenvalue weighted by atomic mass is 35.5. The van der Waals surface area contributed by atoms with Gasteiger partial charge in [-0.3, -0.25) is 4.79 Å². The number of piperidine rings is 1. The van der Waals surface area contributed by atoms with E-state index in [9.17, 15) is 4.79 Å². The largest absolute Gasteiger partial charge is 0.326 e. The first kappa shape index (κ1) is 18.9. The third-order valence-corrected chi connectivity index (χ3v) is 4.00. The predicted octanol–water partition coefficient (Wildman–Crippen LogP) is 2.81. The van der Waals surface area contributed by atoms with Crippen LogP contribution in [0.25, 0.3) is 0 Å². The van der Waals surface area contributed by atoms with Crippen molar-refractivity contribution in [3.8, 4) is 0 Å². The molecule has 1 aliphatic heterocycles. The second kappa shape index (κ2) is 8.51. The summed E-state index contributed by atoms with van der Waals surface area (Å²) in [5.41, 5.74) is 3.35. The van der Waals surface area contributed by atoms with Gasteiger partial charge in [0.15, 0.2) is 0 Å². The Morgan fingerprint density at radius 3 is 2.77 bits per heavy atom. The quantitative estimate of drug-likeness (QED) is 0.894. The highest BCUT2D eigenvalue weighted by Crippen LogP contribution is 2.22. The third-order valence-electron chi connectivity index (χ3n) is 4.00. The standard InChI is InChI=1S/C17H27N3O.ClH/c1-12-5-6-16(15(9-12)11-20(3)4)19-17(21)14-7-8-18-13(2)10-14;/h5-6,9,13-14,18H,7-8,10-11H2,1-4H3,(H,19,21);1H/t13-,14-;/m0./s1. The molecule has 1 amide bonds. The summed E-state index contributed by atoms with van der Waals surface area (Å²) in [7, 11) is 4.09. The van der Waals surface area contributed by atoms with Crippen molar-refractivity contribution in [3.63, 3.8) is 0 Å². The number of nitrogens with zero attached hydrogens (tertiary/aromatic N) is 1. The monoisotopic (exact) mass is 325 g/mol. The van der Waals surface area contributed by atoms with Gasteiger partial charge in [-0.2, -0.15) is 0 Å². The number of carbonyl (C=O) groups excluding carboxylic acids is 1. The number of benzene rings is 1. The zero-order chi connectivity index (χ0) is 15.4. The van der Waals surface area contributed by atoms with Crippen LogP contribution in [0.1, 0.15) is 30.9 Å². The summed E-state index contributed by atoms with van der Waals surface area (Å²) in [4.78, 5) is 14.6. The number of amides is 1. The van der Waals surface area contributed by atoms with Crippen LogP contribution in [0.5, 0.6) is 0 Å². The van der Waals surface area contributed by atoms with Gasteiger partial charge in [-0.05, 0) is 59.0 Å². The fourth-order valence-corrected chi connectivity index (χ4v) is 2.92. The second-order valence-electron chi connectivity index (χ2n) is 6.46. The minimum atomic E-state index is 0. The van der Waals surface area contributed by atoms with E-state index in [-0.39, 0.29) is 24.2 Å². The Morgan fingerprint density at radius 1 is 1.41 bits per heavy atom. The van der Waals surface area contributed by atoms with E-state index >= 15 is 0 Å². The van der Waals surface area contributed by atoms with E-state index < -0.39 is 0 Å². The fraction of sp³-hybridized carbons (Fsp3) is 0.588. The van der Waals surface area contributed by atoms with Crippen molar-refractivity contribution < 1.29 is 4.79 Å². The van der Waals surface area contributed by atoms with Crippen LogP contribution in [0.3, 0.4) is 0 Å². The zero-order valence-electron chi connectivity index (χ0n) is 14.0. The maximum absolute atomic E-state index is 12.5. The summed E-state index contributed by atoms with van der Waals surface area (Å²) < 4.78 is 0. The molecule has 1 aromatic carbocycles. The molecule has 0 aliphatic carbocycles. The maximum Gasteiger partial charge on any atom is 0.227 e. The summed E-state index contributed by atoms with van der Waals surface area (Å²) in [6, 6.07) is 6.66. The van der Waals surface area contributed by atoms with Crippen LogP contribution in [0, 0.1) is 12.8 Å². The predicted molar refractivity (Wildman–Crippen MR) is 94.6 cm³/mol. The molecule has 4 nitrogen and oxygen atoms in total. The normalized spacial score (nSPS) is 21.3. The van der Waals surface area contributed by atoms with Gasteiger partial charge in [-0.1, -0.05) is 17.7 Å². The van der Waals surface area contributed by atoms with Crippen molar-refractivity contribution in [2.24, 2.45) is 5.92 Å². The number of aryl methyl sites for hydroxylation is 1. The molecule has 1 aromatic rings. The van der Waals surface area contributed by atoms with E-state index in [1.165, 1.54) is 11.1 Å². The van der Waals surface area contributed by atoms with E-state index in [4.69, 9.17) is 0 Å². The van der Waals surface area contributed by atoms with Gasteiger partial charge in [0.1, 0.15) is 0 Å². The van der Waals surface area contributed by atoms with Crippen molar-refractivity contribution in [1.82, 2.24) is 10.2 Å². The molecular formula is C17H28ClN3O. The molecule has 1 heterocycles. The average molecular weight is 326 g/mol. The Balaban J connectivity index is 0.00000242. The highest BCUT2D eigenvalue weighted by Gasteiger charge is 2.25. The molecule has 5 heteroatoms. The van der Waals surface area contributed by atoms with Gasteiger partial charge in [0.25, 0.3) is 0 Å². The lowest BCUT2D eigenvalue weighted by atomic mass is 9.92. The molecule has 0 radical (unpaired) electrons. The molecule has 2 rings (SSSR count). The van der Waals surface area contributed by atoms with Crippen LogP contribution in [0.2, 0.25) is 0 Å². The first-order chi connectivity index (χ1) is 9.95. The molecule has 22 heavy (non-hydrogen) atoms. The summed E-state index contributed by atoms with van der Waals surface area (Å²) in [5, 5.41) is 6.53. The lowest BCUT2D eigenvalue weighted by molar-refractivity contribution is -0.120. The Kier molecular flexibility index (Phi) is 7.33. The Bertz CT molecular complexity index is 505. The number of halogens is 1. The van der Waals surface area contributed by atoms with Crippen molar-refractivity contribution in [2.75, 3.05) is 26.0 Å². The van der Waals surface area contributed by atoms with Gasteiger partial charge in [-0.25, -0.2) is 0 Å². The van der Waals surface area contributed by atoms with E-state index in [2.05, 4.69) is 41.5 Å². The molecule has 0 aromatic heterocycles. The van der Waals surface area contributed by atoms with E-state index in [0.717, 1.165) is 31.6 Å². The second-order valence-corrected chi connectivity index (χ2v) is 6.46. The molecule has 2 N–H and O–H groups in total. The van der Waals surface area contributed by atoms with Crippen molar-refractivity contribution in [3.05, 3.63) is 29.3 Å². The summed E-state index contributed by atoms with van der Waals surface area (Å²) >= 11 is 0. The summed E-state index contributed by atoms with van der Waals surface area (Å²) in [6.45, 7) is 5.99. The van der Waals surface area contributed by atoms with Gasteiger partial charge < -0.3 is 15.5 Å². The molecule has 1 aliphatic rings. The van der Waals surface area contributed by atoms with E-state index in [0.29, 0.717) is 6.04 Å². The summed E-state index contributed by atoms with van der Waals surface area (Å²) in [6.07, 6.45) is 1.84. The Hall–Kier alpha value is -1.10. The zero-order valence-corrected chi connectivity index (χ0v) is 14.8. The maximum atomic E-state index is 12.5. The van der Waals surface area contributed by atoms with Gasteiger partial charge in [-0.15, -0.1) is 12.4 Å². The first-order valence-corrected chi connectivity index (χ1v) is 7.74. The minimum Gasteiger partial charge on any atom is -0.326 e. The lowest BCUT2D eigenvalue weighted by Gasteiger charge is -2.27. The summed E-state index contributed by atoms with van der Waals surface area (Å²) in [5.74, 6) is 0.280. The number of hydrogen-bond donors (Lipinski definition) is 2. The number of nitrogens with one attached hydrogen (secondary N) is 2. The number of hydrogen-bond acceptors (Lipinski definition) is 3. The molecule has 1 fully saturated rings. The molecule has 2 atom stereocenters. The van der Waals surface area contributed by atoms with Crippen LogP contribution >= 0.6 is 12.4 Å². The van der Waals surface area contributed by atoms with Crippen LogP contribution < -0.4 is 10.6 Å². The highest BCUT2D eigenvalue weighted by molar-refractivity contribution is 5.93. The van der Waals surface area contributed by atoms with Crippen molar-refractivity contribution in [2.45, 2.75) is 39.3 Å². The molecule has 0 spiro atoms. The average Bonchev–Trinajstić information content (AvgIpc) is 2.41. The SMILES string of the molecule is Cc1ccc(NC(=O)[C@H]2CCN[C@@H](C)C2)c(CN(C)C)c1.Cl. The molecule has 0 saturated carbocycles. The lowest BCUT2D eigenvalue weighted by Crippen LogP contribution is -2.40. The van der Waals surface area contributed by atoms with Gasteiger partial charge in [0.2, 0.25) is 5.91 Å². The van der Waals surface area contributed by atoms with Crippen molar-refractivity contribution >= 4 is 24.0 Å². The smallest absolute Gasteiger partial charge is 0.227 e.